The summed E-state index contributed by atoms with van der Waals surface area (Å²) >= 11 is 0. The molecule has 0 saturated heterocycles. The van der Waals surface area contributed by atoms with Gasteiger partial charge in [-0.25, -0.2) is 14.3 Å². The molecule has 2 heterocycles. The average Bonchev–Trinajstić information content (AvgIpc) is 3.73. The number of benzene rings is 2. The molecule has 1 saturated carbocycles. The number of ether oxygens (including phenoxy) is 1. The van der Waals surface area contributed by atoms with Crippen LogP contribution in [0.2, 0.25) is 0 Å². The third-order valence-electron chi connectivity index (χ3n) is 6.86. The lowest BCUT2D eigenvalue weighted by Crippen LogP contribution is -2.29. The van der Waals surface area contributed by atoms with Crippen molar-refractivity contribution in [3.05, 3.63) is 71.8 Å². The minimum Gasteiger partial charge on any atom is -0.494 e. The van der Waals surface area contributed by atoms with Gasteiger partial charge in [0.15, 0.2) is 0 Å². The molecule has 4 aromatic rings. The Balaban J connectivity index is 1.53. The number of imidazole rings is 1. The number of amides is 1. The highest BCUT2D eigenvalue weighted by atomic mass is 16.5. The summed E-state index contributed by atoms with van der Waals surface area (Å²) in [5, 5.41) is 6.11. The summed E-state index contributed by atoms with van der Waals surface area (Å²) in [5.41, 5.74) is 3.48. The van der Waals surface area contributed by atoms with Gasteiger partial charge >= 0.3 is 5.69 Å². The number of carbonyl (C=O) groups is 1. The number of likely N-dealkylation sites (N-methyl/N-ethyl adjacent to an activating group) is 2. The zero-order chi connectivity index (χ0) is 28.4. The number of aromatic nitrogens is 4. The normalized spacial score (nSPS) is 12.9. The van der Waals surface area contributed by atoms with Gasteiger partial charge in [-0.2, -0.15) is 4.98 Å². The van der Waals surface area contributed by atoms with Crippen LogP contribution >= 0.6 is 0 Å². The van der Waals surface area contributed by atoms with E-state index >= 15 is 0 Å². The number of fused-ring (bicyclic) bond motifs is 1. The van der Waals surface area contributed by atoms with Crippen LogP contribution in [0.5, 0.6) is 5.75 Å². The smallest absolute Gasteiger partial charge is 0.335 e. The third kappa shape index (κ3) is 5.41. The second-order valence-corrected chi connectivity index (χ2v) is 10.1. The van der Waals surface area contributed by atoms with E-state index in [1.165, 1.54) is 6.08 Å². The summed E-state index contributed by atoms with van der Waals surface area (Å²) in [6, 6.07) is 13.3. The lowest BCUT2D eigenvalue weighted by atomic mass is 10.2. The van der Waals surface area contributed by atoms with Crippen LogP contribution in [0, 0.1) is 0 Å². The summed E-state index contributed by atoms with van der Waals surface area (Å²) in [4.78, 5) is 39.0. The predicted octanol–water partition coefficient (Wildman–Crippen LogP) is 3.79. The molecule has 1 aliphatic carbocycles. The number of anilines is 4. The molecule has 0 aliphatic heterocycles. The molecule has 5 rings (SSSR count). The van der Waals surface area contributed by atoms with Crippen LogP contribution in [0.25, 0.3) is 16.9 Å². The predicted molar refractivity (Wildman–Crippen MR) is 158 cm³/mol. The highest BCUT2D eigenvalue weighted by Gasteiger charge is 2.29. The summed E-state index contributed by atoms with van der Waals surface area (Å²) < 4.78 is 9.18. The largest absolute Gasteiger partial charge is 0.494 e. The molecule has 11 nitrogen and oxygen atoms in total. The Morgan fingerprint density at radius 2 is 1.88 bits per heavy atom. The molecular weight excluding hydrogens is 508 g/mol. The van der Waals surface area contributed by atoms with E-state index in [0.29, 0.717) is 22.9 Å². The minimum absolute atomic E-state index is 0.120. The summed E-state index contributed by atoms with van der Waals surface area (Å²) in [7, 11) is 7.55. The molecule has 0 bridgehead atoms. The molecule has 1 fully saturated rings. The maximum Gasteiger partial charge on any atom is 0.335 e. The van der Waals surface area contributed by atoms with Gasteiger partial charge in [0, 0.05) is 44.5 Å². The number of carbonyl (C=O) groups excluding carboxylic acids is 1. The van der Waals surface area contributed by atoms with Crippen molar-refractivity contribution in [3.63, 3.8) is 0 Å². The van der Waals surface area contributed by atoms with Crippen LogP contribution < -0.4 is 26.0 Å². The standard InChI is InChI=1S/C29H34N8O3/c1-6-27(38)31-20-17-21(25(40-5)18-24(20)35(4)16-15-34(2)3)32-28-30-14-13-26(33-28)37-23-10-8-7-9-22(23)36(29(37)39)19-11-12-19/h6-10,13-14,17-19H,1,11-12,15-16H2,2-5H3,(H,31,38)(H,30,32,33). The summed E-state index contributed by atoms with van der Waals surface area (Å²) in [5.74, 6) is 0.945. The molecule has 2 aromatic heterocycles. The van der Waals surface area contributed by atoms with Crippen molar-refractivity contribution in [1.82, 2.24) is 24.0 Å². The van der Waals surface area contributed by atoms with Crippen LogP contribution in [0.4, 0.5) is 23.0 Å². The highest BCUT2D eigenvalue weighted by Crippen LogP contribution is 2.38. The molecule has 40 heavy (non-hydrogen) atoms. The first-order valence-electron chi connectivity index (χ1n) is 13.1. The van der Waals surface area contributed by atoms with Crippen LogP contribution in [0.15, 0.2) is 66.1 Å². The van der Waals surface area contributed by atoms with Gasteiger partial charge in [-0.15, -0.1) is 0 Å². The zero-order valence-electron chi connectivity index (χ0n) is 23.2. The molecule has 0 atom stereocenters. The maximum absolute atomic E-state index is 13.5. The van der Waals surface area contributed by atoms with Gasteiger partial charge < -0.3 is 25.2 Å². The molecular formula is C29H34N8O3. The Morgan fingerprint density at radius 3 is 2.55 bits per heavy atom. The summed E-state index contributed by atoms with van der Waals surface area (Å²) in [6.45, 7) is 5.13. The molecule has 1 amide bonds. The van der Waals surface area contributed by atoms with Crippen LogP contribution in [0.3, 0.4) is 0 Å². The Hall–Kier alpha value is -4.64. The topological polar surface area (TPSA) is 110 Å². The Morgan fingerprint density at radius 1 is 1.12 bits per heavy atom. The number of methoxy groups -OCH3 is 1. The van der Waals surface area contributed by atoms with E-state index in [-0.39, 0.29) is 23.6 Å². The zero-order valence-corrected chi connectivity index (χ0v) is 23.2. The van der Waals surface area contributed by atoms with Crippen LogP contribution in [0.1, 0.15) is 18.9 Å². The number of rotatable bonds is 11. The highest BCUT2D eigenvalue weighted by molar-refractivity contribution is 6.02. The van der Waals surface area contributed by atoms with Gasteiger partial charge in [0.05, 0.1) is 35.2 Å². The third-order valence-corrected chi connectivity index (χ3v) is 6.86. The van der Waals surface area contributed by atoms with E-state index in [4.69, 9.17) is 4.74 Å². The molecule has 0 radical (unpaired) electrons. The van der Waals surface area contributed by atoms with Crippen molar-refractivity contribution in [2.75, 3.05) is 56.9 Å². The molecule has 1 aliphatic rings. The fourth-order valence-electron chi connectivity index (χ4n) is 4.64. The number of hydrogen-bond acceptors (Lipinski definition) is 8. The molecule has 0 spiro atoms. The number of hydrogen-bond donors (Lipinski definition) is 2. The second kappa shape index (κ2) is 11.2. The van der Waals surface area contributed by atoms with Gasteiger partial charge in [0.25, 0.3) is 0 Å². The van der Waals surface area contributed by atoms with Crippen LogP contribution in [-0.4, -0.2) is 71.3 Å². The van der Waals surface area contributed by atoms with Gasteiger partial charge in [-0.1, -0.05) is 18.7 Å². The number of nitrogens with one attached hydrogen (secondary N) is 2. The number of para-hydroxylation sites is 2. The van der Waals surface area contributed by atoms with Gasteiger partial charge in [-0.3, -0.25) is 9.36 Å². The van der Waals surface area contributed by atoms with E-state index in [2.05, 4.69) is 32.1 Å². The Labute approximate surface area is 232 Å². The van der Waals surface area contributed by atoms with Crippen molar-refractivity contribution >= 4 is 40.0 Å². The lowest BCUT2D eigenvalue weighted by Gasteiger charge is -2.26. The van der Waals surface area contributed by atoms with Crippen molar-refractivity contribution in [2.24, 2.45) is 0 Å². The molecule has 11 heteroatoms. The van der Waals surface area contributed by atoms with Crippen molar-refractivity contribution < 1.29 is 9.53 Å². The quantitative estimate of drug-likeness (QED) is 0.276. The molecule has 2 aromatic carbocycles. The second-order valence-electron chi connectivity index (χ2n) is 10.1. The van der Waals surface area contributed by atoms with Gasteiger partial charge in [-0.05, 0) is 51.2 Å². The SMILES string of the molecule is C=CC(=O)Nc1cc(Nc2nccc(-n3c(=O)n(C4CC4)c4ccccc43)n2)c(OC)cc1N(C)CCN(C)C. The van der Waals surface area contributed by atoms with E-state index in [1.807, 2.05) is 60.9 Å². The van der Waals surface area contributed by atoms with E-state index in [1.54, 1.807) is 30.0 Å². The Kier molecular flexibility index (Phi) is 7.56. The van der Waals surface area contributed by atoms with Gasteiger partial charge in [0.2, 0.25) is 11.9 Å². The minimum atomic E-state index is -0.331. The van der Waals surface area contributed by atoms with Crippen molar-refractivity contribution in [1.29, 1.82) is 0 Å². The first-order chi connectivity index (χ1) is 19.3. The lowest BCUT2D eigenvalue weighted by molar-refractivity contribution is -0.111. The van der Waals surface area contributed by atoms with Crippen LogP contribution in [-0.2, 0) is 4.79 Å². The monoisotopic (exact) mass is 542 g/mol. The first kappa shape index (κ1) is 26.9. The number of nitrogens with zero attached hydrogens (tertiary/aromatic N) is 6. The molecule has 0 unspecified atom stereocenters. The molecule has 2 N–H and O–H groups in total. The maximum atomic E-state index is 13.5. The van der Waals surface area contributed by atoms with E-state index in [9.17, 15) is 9.59 Å². The first-order valence-corrected chi connectivity index (χ1v) is 13.1. The fourth-order valence-corrected chi connectivity index (χ4v) is 4.64. The Bertz CT molecular complexity index is 1620. The fraction of sp³-hybridized carbons (Fsp3) is 0.310. The summed E-state index contributed by atoms with van der Waals surface area (Å²) in [6.07, 6.45) is 4.82. The average molecular weight is 543 g/mol. The van der Waals surface area contributed by atoms with E-state index < -0.39 is 0 Å². The van der Waals surface area contributed by atoms with Gasteiger partial charge in [0.1, 0.15) is 11.6 Å². The van der Waals surface area contributed by atoms with E-state index in [0.717, 1.165) is 42.7 Å². The molecule has 208 valence electrons. The van der Waals surface area contributed by atoms with Crippen molar-refractivity contribution in [3.8, 4) is 11.6 Å². The van der Waals surface area contributed by atoms with Crippen molar-refractivity contribution in [2.45, 2.75) is 18.9 Å².